The zero-order chi connectivity index (χ0) is 16.0. The Bertz CT molecular complexity index is 514. The molecule has 116 valence electrons. The first-order chi connectivity index (χ1) is 9.71. The molecule has 21 heavy (non-hydrogen) atoms. The van der Waals surface area contributed by atoms with Crippen molar-refractivity contribution in [2.24, 2.45) is 5.41 Å². The van der Waals surface area contributed by atoms with Gasteiger partial charge in [-0.05, 0) is 17.5 Å². The maximum absolute atomic E-state index is 11.9. The van der Waals surface area contributed by atoms with E-state index < -0.39 is 17.4 Å². The van der Waals surface area contributed by atoms with Crippen molar-refractivity contribution >= 4 is 35.2 Å². The van der Waals surface area contributed by atoms with E-state index in [0.29, 0.717) is 10.8 Å². The lowest BCUT2D eigenvalue weighted by atomic mass is 9.87. The van der Waals surface area contributed by atoms with Crippen molar-refractivity contribution < 1.29 is 14.7 Å². The highest BCUT2D eigenvalue weighted by molar-refractivity contribution is 7.99. The summed E-state index contributed by atoms with van der Waals surface area (Å²) in [4.78, 5) is 24.0. The number of carbonyl (C=O) groups excluding carboxylic acids is 1. The van der Waals surface area contributed by atoms with Gasteiger partial charge in [0.15, 0.2) is 0 Å². The van der Waals surface area contributed by atoms with Gasteiger partial charge in [0.1, 0.15) is 6.04 Å². The van der Waals surface area contributed by atoms with E-state index in [1.807, 2.05) is 18.2 Å². The van der Waals surface area contributed by atoms with Crippen LogP contribution < -0.4 is 5.32 Å². The molecule has 0 aliphatic rings. The van der Waals surface area contributed by atoms with Gasteiger partial charge in [-0.25, -0.2) is 4.79 Å². The molecule has 0 fully saturated rings. The van der Waals surface area contributed by atoms with Crippen molar-refractivity contribution in [2.75, 3.05) is 5.75 Å². The van der Waals surface area contributed by atoms with Crippen molar-refractivity contribution in [1.82, 2.24) is 5.32 Å². The van der Waals surface area contributed by atoms with Crippen LogP contribution in [0.25, 0.3) is 0 Å². The van der Waals surface area contributed by atoms with Crippen LogP contribution >= 0.6 is 23.4 Å². The van der Waals surface area contributed by atoms with Crippen molar-refractivity contribution in [3.05, 3.63) is 29.3 Å². The highest BCUT2D eigenvalue weighted by atomic mass is 35.5. The summed E-state index contributed by atoms with van der Waals surface area (Å²) in [6.07, 6.45) is 0.246. The Balaban J connectivity index is 2.47. The Hall–Kier alpha value is -1.20. The predicted octanol–water partition coefficient (Wildman–Crippen LogP) is 3.44. The number of hydrogen-bond donors (Lipinski definition) is 2. The summed E-state index contributed by atoms with van der Waals surface area (Å²) < 4.78 is 0. The Labute approximate surface area is 134 Å². The molecule has 4 nitrogen and oxygen atoms in total. The fourth-order valence-corrected chi connectivity index (χ4v) is 2.88. The van der Waals surface area contributed by atoms with Crippen molar-refractivity contribution in [3.63, 3.8) is 0 Å². The molecule has 0 saturated heterocycles. The van der Waals surface area contributed by atoms with Crippen LogP contribution in [0.4, 0.5) is 0 Å². The summed E-state index contributed by atoms with van der Waals surface area (Å²) >= 11 is 7.50. The standard InChI is InChI=1S/C15H20ClNO3S/c1-15(2,3)13(14(19)20)17-12(18)8-9-21-11-7-5-4-6-10(11)16/h4-7,13H,8-9H2,1-3H3,(H,17,18)(H,19,20)/t13-/m1/s1. The van der Waals surface area contributed by atoms with Gasteiger partial charge in [-0.3, -0.25) is 4.79 Å². The summed E-state index contributed by atoms with van der Waals surface area (Å²) in [5.74, 6) is -0.738. The molecule has 1 aromatic rings. The number of benzene rings is 1. The predicted molar refractivity (Wildman–Crippen MR) is 85.8 cm³/mol. The van der Waals surface area contributed by atoms with E-state index in [-0.39, 0.29) is 12.3 Å². The minimum absolute atomic E-state index is 0.246. The Kier molecular flexibility index (Phi) is 6.55. The summed E-state index contributed by atoms with van der Waals surface area (Å²) in [6, 6.07) is 6.52. The number of carboxylic acid groups (broad SMARTS) is 1. The topological polar surface area (TPSA) is 66.4 Å². The molecule has 0 aliphatic heterocycles. The lowest BCUT2D eigenvalue weighted by molar-refractivity contribution is -0.144. The largest absolute Gasteiger partial charge is 0.480 e. The maximum atomic E-state index is 11.9. The minimum Gasteiger partial charge on any atom is -0.480 e. The Morgan fingerprint density at radius 3 is 2.48 bits per heavy atom. The van der Waals surface area contributed by atoms with Gasteiger partial charge in [0.05, 0.1) is 5.02 Å². The van der Waals surface area contributed by atoms with Crippen LogP contribution in [0.3, 0.4) is 0 Å². The number of carbonyl (C=O) groups is 2. The number of thioether (sulfide) groups is 1. The van der Waals surface area contributed by atoms with Gasteiger partial charge in [0.25, 0.3) is 0 Å². The fraction of sp³-hybridized carbons (Fsp3) is 0.467. The number of nitrogens with one attached hydrogen (secondary N) is 1. The highest BCUT2D eigenvalue weighted by Gasteiger charge is 2.32. The molecule has 0 unspecified atom stereocenters. The molecule has 0 bridgehead atoms. The van der Waals surface area contributed by atoms with Crippen LogP contribution in [0.1, 0.15) is 27.2 Å². The van der Waals surface area contributed by atoms with E-state index in [0.717, 1.165) is 4.90 Å². The molecule has 0 aliphatic carbocycles. The SMILES string of the molecule is CC(C)(C)[C@H](NC(=O)CCSc1ccccc1Cl)C(=O)O. The van der Waals surface area contributed by atoms with E-state index in [1.54, 1.807) is 26.8 Å². The lowest BCUT2D eigenvalue weighted by Gasteiger charge is -2.27. The average molecular weight is 330 g/mol. The first-order valence-electron chi connectivity index (χ1n) is 6.61. The van der Waals surface area contributed by atoms with Crippen molar-refractivity contribution in [2.45, 2.75) is 38.1 Å². The number of halogens is 1. The molecule has 1 atom stereocenters. The van der Waals surface area contributed by atoms with Gasteiger partial charge in [-0.1, -0.05) is 44.5 Å². The van der Waals surface area contributed by atoms with Crippen molar-refractivity contribution in [1.29, 1.82) is 0 Å². The van der Waals surface area contributed by atoms with Crippen LogP contribution in [0, 0.1) is 5.41 Å². The highest BCUT2D eigenvalue weighted by Crippen LogP contribution is 2.27. The Morgan fingerprint density at radius 1 is 1.33 bits per heavy atom. The molecule has 1 aromatic carbocycles. The Morgan fingerprint density at radius 2 is 1.95 bits per heavy atom. The third-order valence-electron chi connectivity index (χ3n) is 2.84. The third kappa shape index (κ3) is 5.98. The zero-order valence-electron chi connectivity index (χ0n) is 12.4. The molecule has 2 N–H and O–H groups in total. The second-order valence-corrected chi connectivity index (χ2v) is 7.28. The van der Waals surface area contributed by atoms with Gasteiger partial charge >= 0.3 is 5.97 Å². The summed E-state index contributed by atoms with van der Waals surface area (Å²) in [6.45, 7) is 5.35. The van der Waals surface area contributed by atoms with Crippen LogP contribution in [0.2, 0.25) is 5.02 Å². The van der Waals surface area contributed by atoms with E-state index >= 15 is 0 Å². The van der Waals surface area contributed by atoms with Gasteiger partial charge in [-0.15, -0.1) is 11.8 Å². The molecular formula is C15H20ClNO3S. The second kappa shape index (κ2) is 7.71. The molecule has 0 radical (unpaired) electrons. The van der Waals surface area contributed by atoms with E-state index in [2.05, 4.69) is 5.32 Å². The van der Waals surface area contributed by atoms with E-state index in [9.17, 15) is 9.59 Å². The average Bonchev–Trinajstić information content (AvgIpc) is 2.36. The molecule has 1 amide bonds. The molecule has 0 spiro atoms. The molecule has 1 rings (SSSR count). The maximum Gasteiger partial charge on any atom is 0.326 e. The number of aliphatic carboxylic acids is 1. The zero-order valence-corrected chi connectivity index (χ0v) is 13.9. The van der Waals surface area contributed by atoms with Crippen LogP contribution in [-0.4, -0.2) is 28.8 Å². The minimum atomic E-state index is -1.02. The van der Waals surface area contributed by atoms with Crippen molar-refractivity contribution in [3.8, 4) is 0 Å². The van der Waals surface area contributed by atoms with Gasteiger partial charge in [0.2, 0.25) is 5.91 Å². The summed E-state index contributed by atoms with van der Waals surface area (Å²) in [5, 5.41) is 12.4. The first kappa shape index (κ1) is 17.9. The number of hydrogen-bond acceptors (Lipinski definition) is 3. The molecule has 6 heteroatoms. The van der Waals surface area contributed by atoms with Crippen LogP contribution in [0.15, 0.2) is 29.2 Å². The molecule has 0 saturated carbocycles. The van der Waals surface area contributed by atoms with Gasteiger partial charge in [0, 0.05) is 17.1 Å². The quantitative estimate of drug-likeness (QED) is 0.785. The lowest BCUT2D eigenvalue weighted by Crippen LogP contribution is -2.49. The monoisotopic (exact) mass is 329 g/mol. The summed E-state index contributed by atoms with van der Waals surface area (Å²) in [7, 11) is 0. The molecular weight excluding hydrogens is 310 g/mol. The molecule has 0 aromatic heterocycles. The number of amides is 1. The van der Waals surface area contributed by atoms with Gasteiger partial charge in [-0.2, -0.15) is 0 Å². The fourth-order valence-electron chi connectivity index (χ4n) is 1.70. The van der Waals surface area contributed by atoms with E-state index in [4.69, 9.17) is 16.7 Å². The van der Waals surface area contributed by atoms with Crippen LogP contribution in [0.5, 0.6) is 0 Å². The van der Waals surface area contributed by atoms with Crippen LogP contribution in [-0.2, 0) is 9.59 Å². The summed E-state index contributed by atoms with van der Waals surface area (Å²) in [5.41, 5.74) is -0.530. The number of rotatable bonds is 6. The normalized spacial score (nSPS) is 12.8. The number of carboxylic acids is 1. The second-order valence-electron chi connectivity index (χ2n) is 5.73. The van der Waals surface area contributed by atoms with Gasteiger partial charge < -0.3 is 10.4 Å². The third-order valence-corrected chi connectivity index (χ3v) is 4.36. The first-order valence-corrected chi connectivity index (χ1v) is 7.97. The van der Waals surface area contributed by atoms with E-state index in [1.165, 1.54) is 11.8 Å². The smallest absolute Gasteiger partial charge is 0.326 e. The molecule has 0 heterocycles.